The van der Waals surface area contributed by atoms with Crippen molar-refractivity contribution in [2.45, 2.75) is 192 Å². The first-order valence-corrected chi connectivity index (χ1v) is 41.3. The lowest BCUT2D eigenvalue weighted by molar-refractivity contribution is -0.228. The van der Waals surface area contributed by atoms with Gasteiger partial charge in [-0.15, -0.1) is 0 Å². The minimum atomic E-state index is -2.53. The van der Waals surface area contributed by atoms with E-state index in [9.17, 15) is 44.7 Å². The molecule has 6 fully saturated rings. The molecule has 2 spiro atoms. The zero-order valence-corrected chi connectivity index (χ0v) is 67.9. The number of fused-ring (bicyclic) bond motifs is 12. The van der Waals surface area contributed by atoms with Crippen LogP contribution in [0.25, 0.3) is 21.8 Å². The van der Waals surface area contributed by atoms with E-state index in [0.29, 0.717) is 169 Å². The Balaban J connectivity index is 0.000000166. The average molecular weight is 1580 g/mol. The largest absolute Gasteiger partial charge is 0.496 e. The summed E-state index contributed by atoms with van der Waals surface area (Å²) in [6.45, 7) is 15.6. The fraction of sp³-hybridized carbons (Fsp3) is 0.573. The van der Waals surface area contributed by atoms with E-state index in [4.69, 9.17) is 34.2 Å². The number of nitrogens with two attached hydrogens (primary N) is 1. The number of carbonyl (C=O) groups excluding carboxylic acids is 6. The Morgan fingerprint density at radius 3 is 1.48 bits per heavy atom. The quantitative estimate of drug-likeness (QED) is 0.0258. The van der Waals surface area contributed by atoms with Gasteiger partial charge in [-0.05, 0) is 148 Å². The number of likely N-dealkylation sites (N-methyl/N-ethyl adjacent to an activating group) is 1. The number of methoxy groups -OCH3 is 5. The van der Waals surface area contributed by atoms with Crippen molar-refractivity contribution in [3.8, 4) is 11.5 Å². The number of aromatic nitrogens is 2. The van der Waals surface area contributed by atoms with E-state index >= 15 is 9.59 Å². The SMILES string of the molecule is CC[C@]1(O)C[C@H]2C[N@](CCc3c([nH]c4ccccc34)[C@@](C(=O)OC)(c3cc4c(cc3OC)N(C)[C@H]3[C@@](O)(C(N)=O)[C@H](O)[C@]5(CC)C=CCN6CC[C@]43[C@@H]65)C2)C1.CC[C@]1(O)C[C@H]2C[N@](CCc3c([nH]c4ccccc34)[C@@](C(=O)OC)(c3cc4c(cc3OC)N(C=O)[C@H]3[C@@](O)(C(=O)OC)[C@H](OC(C)=O)[C@]5(CC)C=CCN6CC[C@]43[C@@H]65)C2)C1. The van der Waals surface area contributed by atoms with Crippen molar-refractivity contribution in [3.05, 3.63) is 142 Å². The van der Waals surface area contributed by atoms with Crippen molar-refractivity contribution in [3.63, 3.8) is 0 Å². The minimum Gasteiger partial charge on any atom is -0.496 e. The number of para-hydroxylation sites is 2. The molecule has 2 aromatic heterocycles. The van der Waals surface area contributed by atoms with Gasteiger partial charge in [-0.1, -0.05) is 88.4 Å². The molecule has 26 nitrogen and oxygen atoms in total. The summed E-state index contributed by atoms with van der Waals surface area (Å²) in [6.07, 6.45) is 11.6. The highest BCUT2D eigenvalue weighted by Crippen LogP contribution is 2.71. The Hall–Kier alpha value is -8.70. The second-order valence-corrected chi connectivity index (χ2v) is 35.6. The number of aliphatic hydroxyl groups excluding tert-OH is 1. The fourth-order valence-electron chi connectivity index (χ4n) is 26.4. The molecule has 12 aliphatic rings. The number of rotatable bonds is 14. The molecule has 614 valence electrons. The third-order valence-corrected chi connectivity index (χ3v) is 30.7. The van der Waals surface area contributed by atoms with Crippen LogP contribution in [0.5, 0.6) is 11.5 Å². The van der Waals surface area contributed by atoms with Gasteiger partial charge in [-0.25, -0.2) is 4.79 Å². The first-order valence-electron chi connectivity index (χ1n) is 41.3. The number of carbonyl (C=O) groups is 6. The predicted molar refractivity (Wildman–Crippen MR) is 429 cm³/mol. The lowest BCUT2D eigenvalue weighted by atomic mass is 9.47. The number of piperidine rings is 2. The van der Waals surface area contributed by atoms with E-state index in [2.05, 4.69) is 47.8 Å². The van der Waals surface area contributed by atoms with E-state index in [-0.39, 0.29) is 24.3 Å². The van der Waals surface area contributed by atoms with E-state index in [1.165, 1.54) is 40.3 Å². The number of anilines is 2. The van der Waals surface area contributed by atoms with Crippen LogP contribution in [-0.2, 0) is 82.2 Å². The van der Waals surface area contributed by atoms with Crippen LogP contribution in [0.2, 0.25) is 0 Å². The zero-order chi connectivity index (χ0) is 81.4. The van der Waals surface area contributed by atoms with Crippen LogP contribution in [0.1, 0.15) is 144 Å². The average Bonchev–Trinajstić information content (AvgIpc) is 1.50. The molecule has 4 aromatic carbocycles. The number of nitrogens with one attached hydrogen (secondary N) is 2. The Morgan fingerprint density at radius 2 is 1.03 bits per heavy atom. The number of aliphatic hydroxyl groups is 5. The number of benzene rings is 4. The number of aromatic amines is 2. The summed E-state index contributed by atoms with van der Waals surface area (Å²) >= 11 is 0. The molecule has 115 heavy (non-hydrogen) atoms. The molecule has 2 amide bonds. The molecule has 4 saturated heterocycles. The number of nitrogens with zero attached hydrogens (tertiary/aromatic N) is 6. The highest BCUT2D eigenvalue weighted by molar-refractivity contribution is 5.98. The van der Waals surface area contributed by atoms with Crippen molar-refractivity contribution >= 4 is 69.4 Å². The van der Waals surface area contributed by atoms with Gasteiger partial charge in [0.05, 0.1) is 64.5 Å². The van der Waals surface area contributed by atoms with Crippen molar-refractivity contribution in [2.75, 3.05) is 118 Å². The Bertz CT molecular complexity index is 5040. The van der Waals surface area contributed by atoms with Gasteiger partial charge in [0.1, 0.15) is 28.4 Å². The van der Waals surface area contributed by atoms with Crippen molar-refractivity contribution in [1.29, 1.82) is 0 Å². The van der Waals surface area contributed by atoms with E-state index < -0.39 is 115 Å². The number of primary amides is 1. The van der Waals surface area contributed by atoms with Gasteiger partial charge in [0.25, 0.3) is 5.91 Å². The van der Waals surface area contributed by atoms with Gasteiger partial charge in [0.15, 0.2) is 11.7 Å². The van der Waals surface area contributed by atoms with Crippen LogP contribution in [0, 0.1) is 22.7 Å². The lowest BCUT2D eigenvalue weighted by Crippen LogP contribution is -2.81. The third kappa shape index (κ3) is 10.5. The van der Waals surface area contributed by atoms with Crippen LogP contribution >= 0.6 is 0 Å². The maximum absolute atomic E-state index is 15.3. The molecule has 12 heterocycles. The van der Waals surface area contributed by atoms with Crippen LogP contribution in [0.15, 0.2) is 97.1 Å². The Morgan fingerprint density at radius 1 is 0.565 bits per heavy atom. The number of hydrogen-bond donors (Lipinski definition) is 8. The molecule has 26 heteroatoms. The van der Waals surface area contributed by atoms with Gasteiger partial charge in [-0.2, -0.15) is 0 Å². The van der Waals surface area contributed by atoms with Crippen molar-refractivity contribution < 1.29 is 82.7 Å². The van der Waals surface area contributed by atoms with Crippen LogP contribution in [-0.4, -0.2) is 258 Å². The molecule has 2 saturated carbocycles. The highest BCUT2D eigenvalue weighted by Gasteiger charge is 2.82. The molecule has 0 radical (unpaired) electrons. The summed E-state index contributed by atoms with van der Waals surface area (Å²) in [4.78, 5) is 105. The standard InChI is InChI=1S/C46H56N4O10.C43H55N5O7/c1-7-42(55)22-28-23-45(40(53)58-5,36-30(14-18-48(24-28)25-42)29-12-9-10-13-33(29)47-36)32-20-31-34(21-35(32)57-4)50(26-51)38-44(31)16-19-49-17-11-15-43(8-2,37(44)49)39(60-27(3)52)46(38,56)41(54)59-6;1-6-39(52)21-25-22-42(38(51)55-5,33-27(13-17-47(23-25)24-39)26-11-8-9-12-30(26)45-33)29-19-28-31(20-32(29)54-4)46(3)35-41(28)15-18-48-16-10-14-40(7-2,34(41)48)36(49)43(35,53)37(44)50/h9-13,15,20-21,26,28,37-39,47,55-56H,7-8,14,16-19,22-25H2,1-6H3;8-12,14,19-20,25,34-36,45,49,52-53H,6-7,13,15-18,21-24H2,1-5H3,(H2,44,50)/t28-,37+,38-,39-,42+,43-,44-,45+,46+;25-,34+,35-,36-,39+,40-,41-,42+,43+/m11/s1. The molecule has 0 unspecified atom stereocenters. The highest BCUT2D eigenvalue weighted by atomic mass is 16.6. The lowest BCUT2D eigenvalue weighted by Gasteiger charge is -2.63. The topological polar surface area (TPSA) is 336 Å². The zero-order valence-electron chi connectivity index (χ0n) is 67.9. The number of amides is 2. The summed E-state index contributed by atoms with van der Waals surface area (Å²) in [6, 6.07) is 21.0. The number of H-pyrrole nitrogens is 2. The maximum Gasteiger partial charge on any atom is 0.344 e. The summed E-state index contributed by atoms with van der Waals surface area (Å²) in [5, 5.41) is 64.2. The summed E-state index contributed by atoms with van der Waals surface area (Å²) in [5.74, 6) is -3.07. The maximum atomic E-state index is 15.3. The van der Waals surface area contributed by atoms with E-state index in [1.807, 2.05) is 112 Å². The predicted octanol–water partition coefficient (Wildman–Crippen LogP) is 6.25. The van der Waals surface area contributed by atoms with Crippen LogP contribution in [0.3, 0.4) is 0 Å². The molecule has 2 aliphatic carbocycles. The van der Waals surface area contributed by atoms with E-state index in [1.54, 1.807) is 13.2 Å². The van der Waals surface area contributed by atoms with Gasteiger partial charge in [0.2, 0.25) is 12.0 Å². The van der Waals surface area contributed by atoms with Crippen LogP contribution in [0.4, 0.5) is 11.4 Å². The molecule has 9 N–H and O–H groups in total. The third-order valence-electron chi connectivity index (χ3n) is 30.7. The Labute approximate surface area is 670 Å². The van der Waals surface area contributed by atoms with E-state index in [0.717, 1.165) is 63.0 Å². The summed E-state index contributed by atoms with van der Waals surface area (Å²) in [7, 11) is 8.98. The fourth-order valence-corrected chi connectivity index (χ4v) is 26.4. The minimum absolute atomic E-state index is 0.0790. The van der Waals surface area contributed by atoms with Gasteiger partial charge >= 0.3 is 23.9 Å². The normalized spacial score (nSPS) is 37.7. The second kappa shape index (κ2) is 27.7. The monoisotopic (exact) mass is 1580 g/mol. The smallest absolute Gasteiger partial charge is 0.344 e. The van der Waals surface area contributed by atoms with Crippen LogP contribution < -0.4 is 25.0 Å². The first kappa shape index (κ1) is 78.8. The van der Waals surface area contributed by atoms with Gasteiger partial charge in [0, 0.05) is 162 Å². The van der Waals surface area contributed by atoms with Gasteiger partial charge < -0.3 is 79.5 Å². The molecular formula is C89H111N9O17. The molecule has 4 bridgehead atoms. The van der Waals surface area contributed by atoms with Crippen molar-refractivity contribution in [2.24, 2.45) is 28.4 Å². The number of hydrogen-bond acceptors (Lipinski definition) is 22. The molecule has 20 atom stereocenters. The molecule has 6 aromatic rings. The molecule has 10 aliphatic heterocycles. The molecular weight excluding hydrogens is 1470 g/mol. The molecule has 18 rings (SSSR count). The number of ether oxygens (including phenoxy) is 6. The first-order chi connectivity index (χ1) is 55.0. The second-order valence-electron chi connectivity index (χ2n) is 35.6. The Kier molecular flexibility index (Phi) is 19.0. The summed E-state index contributed by atoms with van der Waals surface area (Å²) < 4.78 is 35.9. The number of esters is 4. The summed E-state index contributed by atoms with van der Waals surface area (Å²) in [5.41, 5.74) is 1.57. The van der Waals surface area contributed by atoms with Gasteiger partial charge in [-0.3, -0.25) is 43.6 Å². The van der Waals surface area contributed by atoms with Crippen molar-refractivity contribution in [1.82, 2.24) is 29.6 Å².